The number of rotatable bonds is 6. The number of nitrogens with zero attached hydrogens (tertiary/aromatic N) is 3. The Kier molecular flexibility index (Phi) is 5.12. The van der Waals surface area contributed by atoms with Gasteiger partial charge in [0.15, 0.2) is 5.75 Å². The SMILES string of the molecule is O=C(CN1C(=O)C(c2ccccc2)Oc2ccc([N+](=O)[O-])nc21)NCc1ccco1. The summed E-state index contributed by atoms with van der Waals surface area (Å²) in [5.41, 5.74) is 0.590. The van der Waals surface area contributed by atoms with E-state index >= 15 is 0 Å². The molecule has 10 nitrogen and oxygen atoms in total. The van der Waals surface area contributed by atoms with Gasteiger partial charge in [-0.25, -0.2) is 0 Å². The molecule has 1 atom stereocenters. The molecule has 152 valence electrons. The summed E-state index contributed by atoms with van der Waals surface area (Å²) in [6.45, 7) is -0.241. The minimum Gasteiger partial charge on any atom is -0.469 e. The molecule has 0 bridgehead atoms. The van der Waals surface area contributed by atoms with E-state index < -0.39 is 28.7 Å². The molecule has 1 aliphatic rings. The first-order valence-electron chi connectivity index (χ1n) is 9.00. The van der Waals surface area contributed by atoms with Crippen molar-refractivity contribution < 1.29 is 23.7 Å². The lowest BCUT2D eigenvalue weighted by Gasteiger charge is -2.30. The average molecular weight is 408 g/mol. The molecule has 0 spiro atoms. The second-order valence-electron chi connectivity index (χ2n) is 6.44. The van der Waals surface area contributed by atoms with E-state index in [0.29, 0.717) is 11.3 Å². The maximum absolute atomic E-state index is 13.1. The van der Waals surface area contributed by atoms with E-state index in [9.17, 15) is 19.7 Å². The fourth-order valence-electron chi connectivity index (χ4n) is 3.03. The molecule has 0 saturated carbocycles. The topological polar surface area (TPSA) is 128 Å². The van der Waals surface area contributed by atoms with E-state index in [2.05, 4.69) is 10.3 Å². The normalized spacial score (nSPS) is 15.3. The molecule has 0 saturated heterocycles. The Balaban J connectivity index is 1.63. The smallest absolute Gasteiger partial charge is 0.366 e. The molecule has 1 N–H and O–H groups in total. The second-order valence-corrected chi connectivity index (χ2v) is 6.44. The van der Waals surface area contributed by atoms with Gasteiger partial charge in [0.2, 0.25) is 12.0 Å². The number of benzene rings is 1. The number of nitrogens with one attached hydrogen (secondary N) is 1. The number of hydrogen-bond donors (Lipinski definition) is 1. The zero-order valence-corrected chi connectivity index (χ0v) is 15.6. The van der Waals surface area contributed by atoms with Gasteiger partial charge >= 0.3 is 5.82 Å². The third-order valence-corrected chi connectivity index (χ3v) is 4.45. The number of carbonyl (C=O) groups is 2. The van der Waals surface area contributed by atoms with Crippen LogP contribution in [0.3, 0.4) is 0 Å². The van der Waals surface area contributed by atoms with Crippen LogP contribution in [0.5, 0.6) is 5.75 Å². The van der Waals surface area contributed by atoms with Crippen molar-refractivity contribution in [3.63, 3.8) is 0 Å². The average Bonchev–Trinajstić information content (AvgIpc) is 3.28. The van der Waals surface area contributed by atoms with Crippen molar-refractivity contribution in [3.8, 4) is 5.75 Å². The van der Waals surface area contributed by atoms with Gasteiger partial charge in [0.25, 0.3) is 11.7 Å². The number of ether oxygens (including phenoxy) is 1. The first-order chi connectivity index (χ1) is 14.5. The summed E-state index contributed by atoms with van der Waals surface area (Å²) in [6.07, 6.45) is 0.483. The number of amides is 2. The number of hydrogen-bond acceptors (Lipinski definition) is 7. The van der Waals surface area contributed by atoms with Crippen LogP contribution in [0.2, 0.25) is 0 Å². The van der Waals surface area contributed by atoms with Crippen molar-refractivity contribution in [2.45, 2.75) is 12.6 Å². The molecule has 0 radical (unpaired) electrons. The highest BCUT2D eigenvalue weighted by molar-refractivity contribution is 6.03. The largest absolute Gasteiger partial charge is 0.469 e. The number of nitro groups is 1. The zero-order chi connectivity index (χ0) is 21.1. The maximum Gasteiger partial charge on any atom is 0.366 e. The molecular weight excluding hydrogens is 392 g/mol. The van der Waals surface area contributed by atoms with Crippen LogP contribution in [0.1, 0.15) is 17.4 Å². The molecule has 1 aliphatic heterocycles. The van der Waals surface area contributed by atoms with Gasteiger partial charge in [0.05, 0.1) is 12.8 Å². The Hall–Kier alpha value is -4.21. The highest BCUT2D eigenvalue weighted by Crippen LogP contribution is 2.38. The lowest BCUT2D eigenvalue weighted by Crippen LogP contribution is -2.46. The van der Waals surface area contributed by atoms with Crippen molar-refractivity contribution in [3.05, 3.63) is 82.3 Å². The molecule has 2 amide bonds. The van der Waals surface area contributed by atoms with Gasteiger partial charge in [-0.05, 0) is 28.1 Å². The quantitative estimate of drug-likeness (QED) is 0.490. The Labute approximate surface area is 170 Å². The summed E-state index contributed by atoms with van der Waals surface area (Å²) in [5, 5.41) is 13.8. The van der Waals surface area contributed by atoms with Gasteiger partial charge in [-0.3, -0.25) is 14.5 Å². The molecule has 30 heavy (non-hydrogen) atoms. The van der Waals surface area contributed by atoms with Crippen molar-refractivity contribution in [1.29, 1.82) is 0 Å². The lowest BCUT2D eigenvalue weighted by molar-refractivity contribution is -0.389. The fraction of sp³-hybridized carbons (Fsp3) is 0.150. The summed E-state index contributed by atoms with van der Waals surface area (Å²) in [4.78, 5) is 41.1. The third-order valence-electron chi connectivity index (χ3n) is 4.45. The van der Waals surface area contributed by atoms with Crippen molar-refractivity contribution in [2.75, 3.05) is 11.4 Å². The Morgan fingerprint density at radius 2 is 1.97 bits per heavy atom. The van der Waals surface area contributed by atoms with Crippen LogP contribution < -0.4 is 15.0 Å². The van der Waals surface area contributed by atoms with Crippen LogP contribution in [0.4, 0.5) is 11.6 Å². The van der Waals surface area contributed by atoms with E-state index in [4.69, 9.17) is 9.15 Å². The molecule has 0 fully saturated rings. The molecule has 4 rings (SSSR count). The number of carbonyl (C=O) groups excluding carboxylic acids is 2. The second kappa shape index (κ2) is 8.03. The maximum atomic E-state index is 13.1. The number of pyridine rings is 1. The number of anilines is 1. The minimum atomic E-state index is -1.00. The van der Waals surface area contributed by atoms with Gasteiger partial charge in [-0.15, -0.1) is 0 Å². The summed E-state index contributed by atoms with van der Waals surface area (Å²) in [5.74, 6) is -0.831. The van der Waals surface area contributed by atoms with Gasteiger partial charge in [-0.1, -0.05) is 30.3 Å². The van der Waals surface area contributed by atoms with Gasteiger partial charge in [0.1, 0.15) is 12.3 Å². The van der Waals surface area contributed by atoms with Crippen LogP contribution >= 0.6 is 0 Å². The fourth-order valence-corrected chi connectivity index (χ4v) is 3.03. The van der Waals surface area contributed by atoms with Gasteiger partial charge in [-0.2, -0.15) is 0 Å². The number of aromatic nitrogens is 1. The van der Waals surface area contributed by atoms with E-state index in [1.165, 1.54) is 18.4 Å². The van der Waals surface area contributed by atoms with E-state index in [0.717, 1.165) is 4.90 Å². The summed E-state index contributed by atoms with van der Waals surface area (Å²) >= 11 is 0. The van der Waals surface area contributed by atoms with Crippen LogP contribution in [0.25, 0.3) is 0 Å². The van der Waals surface area contributed by atoms with E-state index in [1.54, 1.807) is 42.5 Å². The number of fused-ring (bicyclic) bond motifs is 1. The standard InChI is InChI=1S/C20H16N4O6/c25-17(21-11-14-7-4-10-29-14)12-23-19-15(8-9-16(22-19)24(27)28)30-18(20(23)26)13-5-2-1-3-6-13/h1-10,18H,11-12H2,(H,21,25). The molecule has 1 aromatic carbocycles. The molecule has 1 unspecified atom stereocenters. The van der Waals surface area contributed by atoms with E-state index in [-0.39, 0.29) is 24.7 Å². The molecule has 0 aliphatic carbocycles. The third kappa shape index (κ3) is 3.83. The van der Waals surface area contributed by atoms with Crippen molar-refractivity contribution in [1.82, 2.24) is 10.3 Å². The van der Waals surface area contributed by atoms with Crippen LogP contribution in [-0.4, -0.2) is 28.3 Å². The molecule has 2 aromatic heterocycles. The molecule has 3 heterocycles. The number of furan rings is 1. The first-order valence-corrected chi connectivity index (χ1v) is 9.00. The summed E-state index contributed by atoms with van der Waals surface area (Å²) in [6, 6.07) is 14.7. The predicted molar refractivity (Wildman–Crippen MR) is 104 cm³/mol. The van der Waals surface area contributed by atoms with Crippen LogP contribution in [0, 0.1) is 10.1 Å². The van der Waals surface area contributed by atoms with Gasteiger partial charge < -0.3 is 24.6 Å². The van der Waals surface area contributed by atoms with E-state index in [1.807, 2.05) is 0 Å². The molecular formula is C20H16N4O6. The molecule has 10 heteroatoms. The van der Waals surface area contributed by atoms with Crippen molar-refractivity contribution in [2.24, 2.45) is 0 Å². The highest BCUT2D eigenvalue weighted by Gasteiger charge is 2.40. The first kappa shape index (κ1) is 19.1. The minimum absolute atomic E-state index is 0.0745. The highest BCUT2D eigenvalue weighted by atomic mass is 16.6. The summed E-state index contributed by atoms with van der Waals surface area (Å²) in [7, 11) is 0. The summed E-state index contributed by atoms with van der Waals surface area (Å²) < 4.78 is 10.9. The lowest BCUT2D eigenvalue weighted by atomic mass is 10.1. The molecule has 3 aromatic rings. The van der Waals surface area contributed by atoms with Gasteiger partial charge in [0, 0.05) is 11.6 Å². The predicted octanol–water partition coefficient (Wildman–Crippen LogP) is 2.37. The Morgan fingerprint density at radius 1 is 1.17 bits per heavy atom. The zero-order valence-electron chi connectivity index (χ0n) is 15.6. The Morgan fingerprint density at radius 3 is 2.67 bits per heavy atom. The van der Waals surface area contributed by atoms with Crippen LogP contribution in [-0.2, 0) is 16.1 Å². The van der Waals surface area contributed by atoms with Crippen LogP contribution in [0.15, 0.2) is 65.3 Å². The van der Waals surface area contributed by atoms with Crippen molar-refractivity contribution >= 4 is 23.5 Å². The monoisotopic (exact) mass is 408 g/mol. The Bertz CT molecular complexity index is 1080.